The number of hydrazine groups is 1. The molecule has 0 aliphatic carbocycles. The van der Waals surface area contributed by atoms with Crippen LogP contribution in [0.25, 0.3) is 0 Å². The summed E-state index contributed by atoms with van der Waals surface area (Å²) < 4.78 is 0. The third kappa shape index (κ3) is 19.4. The van der Waals surface area contributed by atoms with Crippen molar-refractivity contribution in [3.8, 4) is 0 Å². The summed E-state index contributed by atoms with van der Waals surface area (Å²) in [5, 5.41) is 39.2. The summed E-state index contributed by atoms with van der Waals surface area (Å²) in [5.41, 5.74) is 12.4. The Balaban J connectivity index is 0.0000130. The van der Waals surface area contributed by atoms with Gasteiger partial charge in [0, 0.05) is 38.3 Å². The number of hydrogen-bond acceptors (Lipinski definition) is 11. The Morgan fingerprint density at radius 1 is 0.608 bits per heavy atom. The Hall–Kier alpha value is -4.56. The molecule has 272 valence electrons. The van der Waals surface area contributed by atoms with E-state index >= 15 is 0 Å². The number of rotatable bonds is 23. The fourth-order valence-corrected chi connectivity index (χ4v) is 4.64. The fourth-order valence-electron chi connectivity index (χ4n) is 4.64. The largest absolute Gasteiger partial charge is 3.00 e. The van der Waals surface area contributed by atoms with Crippen molar-refractivity contribution in [2.75, 3.05) is 58.9 Å². The normalized spacial score (nSPS) is 11.4. The molecule has 1 atom stereocenters. The van der Waals surface area contributed by atoms with E-state index in [2.05, 4.69) is 16.2 Å². The summed E-state index contributed by atoms with van der Waals surface area (Å²) in [6.45, 7) is -2.58. The van der Waals surface area contributed by atoms with Gasteiger partial charge in [0.25, 0.3) is 11.8 Å². The average molecular weight is 817 g/mol. The summed E-state index contributed by atoms with van der Waals surface area (Å²) in [4.78, 5) is 86.3. The van der Waals surface area contributed by atoms with Crippen molar-refractivity contribution in [1.82, 2.24) is 30.9 Å². The number of aryl methyl sites for hydroxylation is 1. The summed E-state index contributed by atoms with van der Waals surface area (Å²) in [6, 6.07) is 14.8. The molecular weight excluding hydrogens is 773 g/mol. The number of aliphatic carboxylic acids is 4. The van der Waals surface area contributed by atoms with E-state index in [0.29, 0.717) is 18.4 Å². The number of carboxylic acids is 4. The van der Waals surface area contributed by atoms with Crippen LogP contribution < -0.4 is 21.9 Å². The van der Waals surface area contributed by atoms with Crippen LogP contribution in [0.15, 0.2) is 54.6 Å². The molecule has 19 heteroatoms. The van der Waals surface area contributed by atoms with Crippen molar-refractivity contribution in [3.63, 3.8) is 0 Å². The van der Waals surface area contributed by atoms with Crippen LogP contribution in [0.5, 0.6) is 0 Å². The van der Waals surface area contributed by atoms with Crippen molar-refractivity contribution >= 4 is 67.4 Å². The maximum absolute atomic E-state index is 12.9. The first kappa shape index (κ1) is 44.5. The number of benzene rings is 2. The molecule has 0 radical (unpaired) electrons. The Kier molecular flexibility index (Phi) is 20.7. The van der Waals surface area contributed by atoms with E-state index in [1.165, 1.54) is 17.0 Å². The van der Waals surface area contributed by atoms with E-state index < -0.39 is 73.8 Å². The number of amides is 3. The quantitative estimate of drug-likeness (QED) is 0.0558. The number of nitrogens with two attached hydrogens (primary N) is 1. The Bertz CT molecular complexity index is 1390. The molecule has 51 heavy (non-hydrogen) atoms. The third-order valence-corrected chi connectivity index (χ3v) is 7.20. The van der Waals surface area contributed by atoms with Crippen LogP contribution in [-0.2, 0) is 41.7 Å². The van der Waals surface area contributed by atoms with Crippen molar-refractivity contribution < 1.29 is 54.0 Å². The van der Waals surface area contributed by atoms with Crippen molar-refractivity contribution in [3.05, 3.63) is 71.3 Å². The van der Waals surface area contributed by atoms with E-state index in [1.54, 1.807) is 12.1 Å². The van der Waals surface area contributed by atoms with Gasteiger partial charge in [0.15, 0.2) is 0 Å². The molecule has 0 unspecified atom stereocenters. The molecule has 2 aromatic rings. The molecule has 0 aromatic heterocycles. The minimum atomic E-state index is -1.25. The second kappa shape index (κ2) is 23.8. The molecule has 2 aromatic carbocycles. The molecule has 3 amide bonds. The van der Waals surface area contributed by atoms with Crippen LogP contribution in [0.4, 0.5) is 0 Å². The first-order valence-electron chi connectivity index (χ1n) is 15.5. The molecule has 0 saturated heterocycles. The van der Waals surface area contributed by atoms with Crippen LogP contribution in [0.3, 0.4) is 0 Å². The van der Waals surface area contributed by atoms with Gasteiger partial charge in [-0.1, -0.05) is 42.5 Å². The van der Waals surface area contributed by atoms with Gasteiger partial charge < -0.3 is 31.5 Å². The maximum Gasteiger partial charge on any atom is 3.00 e. The van der Waals surface area contributed by atoms with Gasteiger partial charge in [0.1, 0.15) is 0 Å². The van der Waals surface area contributed by atoms with Crippen LogP contribution in [-0.4, -0.2) is 168 Å². The van der Waals surface area contributed by atoms with Crippen molar-refractivity contribution in [1.29, 1.82) is 0 Å². The number of nitrogens with zero attached hydrogens (tertiary/aromatic N) is 3. The van der Waals surface area contributed by atoms with Gasteiger partial charge >= 0.3 is 49.7 Å². The Morgan fingerprint density at radius 2 is 1.08 bits per heavy atom. The molecule has 0 spiro atoms. The second-order valence-corrected chi connectivity index (χ2v) is 11.3. The Morgan fingerprint density at radius 3 is 1.55 bits per heavy atom. The van der Waals surface area contributed by atoms with Gasteiger partial charge in [-0.05, 0) is 36.1 Å². The van der Waals surface area contributed by atoms with Crippen LogP contribution in [0, 0.1) is 0 Å². The minimum absolute atomic E-state index is 0. The third-order valence-electron chi connectivity index (χ3n) is 7.20. The monoisotopic (exact) mass is 816 g/mol. The summed E-state index contributed by atoms with van der Waals surface area (Å²) >= 11 is 0. The average Bonchev–Trinajstić information content (AvgIpc) is 3.05. The summed E-state index contributed by atoms with van der Waals surface area (Å²) in [5.74, 6) is -6.62. The van der Waals surface area contributed by atoms with Gasteiger partial charge in [-0.3, -0.25) is 59.1 Å². The number of carboxylic acid groups (broad SMARTS) is 4. The van der Waals surface area contributed by atoms with E-state index in [-0.39, 0.29) is 70.7 Å². The molecule has 0 aliphatic heterocycles. The topological polar surface area (TPSA) is 272 Å². The maximum atomic E-state index is 12.9. The van der Waals surface area contributed by atoms with E-state index in [9.17, 15) is 33.6 Å². The molecule has 0 bridgehead atoms. The standard InChI is InChI=1S/C32H43N7O11.In/c33-25(11-8-22-4-2-1-3-5-22)32(50)36-35-31(49)24-9-6-23(7-10-24)16-34-26(40)17-37(12-14-38(18-27(41)42)19-28(43)44)13-15-39(20-29(45)46)21-30(47)48;/h1-7,9-10,25H,8,11-21,33H2,(H,34,40)(H,35,49)(H,36,50)(H,41,42)(H,43,44)(H,45,46)(H,47,48);/q;+3/t25-;/m1./s1. The SMILES string of the molecule is N[C@H](CCc1ccccc1)C(=O)NNC(=O)c1ccc(CNC(=O)CN(CCN(CC(=O)O)CC(=O)O)CCN(CC(=O)O)CC(=O)O)cc1.[In+3]. The van der Waals surface area contributed by atoms with Gasteiger partial charge in [0.05, 0.1) is 38.8 Å². The van der Waals surface area contributed by atoms with Crippen LogP contribution >= 0.6 is 0 Å². The molecule has 0 fully saturated rings. The first-order chi connectivity index (χ1) is 23.7. The molecule has 9 N–H and O–H groups in total. The zero-order chi connectivity index (χ0) is 37.1. The molecule has 2 rings (SSSR count). The Labute approximate surface area is 312 Å². The van der Waals surface area contributed by atoms with Crippen molar-refractivity contribution in [2.45, 2.75) is 25.4 Å². The van der Waals surface area contributed by atoms with Gasteiger partial charge in [0.2, 0.25) is 5.91 Å². The predicted octanol–water partition coefficient (Wildman–Crippen LogP) is -2.11. The van der Waals surface area contributed by atoms with Gasteiger partial charge in [-0.15, -0.1) is 0 Å². The number of carbonyl (C=O) groups is 7. The zero-order valence-corrected chi connectivity index (χ0v) is 31.2. The van der Waals surface area contributed by atoms with Gasteiger partial charge in [-0.2, -0.15) is 0 Å². The number of nitrogens with one attached hydrogen (secondary N) is 3. The first-order valence-corrected chi connectivity index (χ1v) is 15.5. The summed E-state index contributed by atoms with van der Waals surface area (Å²) in [6.07, 6.45) is 0.974. The predicted molar refractivity (Wildman–Crippen MR) is 182 cm³/mol. The van der Waals surface area contributed by atoms with Crippen molar-refractivity contribution in [2.24, 2.45) is 5.73 Å². The molecule has 18 nitrogen and oxygen atoms in total. The second-order valence-electron chi connectivity index (χ2n) is 11.3. The summed E-state index contributed by atoms with van der Waals surface area (Å²) in [7, 11) is 0. The molecular formula is C32H43InN7O11+3. The van der Waals surface area contributed by atoms with E-state index in [0.717, 1.165) is 15.4 Å². The van der Waals surface area contributed by atoms with Gasteiger partial charge in [-0.25, -0.2) is 0 Å². The minimum Gasteiger partial charge on any atom is -0.480 e. The zero-order valence-electron chi connectivity index (χ0n) is 27.9. The number of carbonyl (C=O) groups excluding carboxylic acids is 3. The molecule has 0 heterocycles. The fraction of sp³-hybridized carbons (Fsp3) is 0.406. The molecule has 0 saturated carbocycles. The van der Waals surface area contributed by atoms with E-state index in [4.69, 9.17) is 26.2 Å². The van der Waals surface area contributed by atoms with Crippen LogP contribution in [0.2, 0.25) is 0 Å². The number of hydrogen-bond donors (Lipinski definition) is 8. The molecule has 0 aliphatic rings. The smallest absolute Gasteiger partial charge is 0.480 e. The van der Waals surface area contributed by atoms with Crippen LogP contribution in [0.1, 0.15) is 27.9 Å². The van der Waals surface area contributed by atoms with E-state index in [1.807, 2.05) is 30.3 Å².